The largest absolute Gasteiger partial charge is 0.374 e. The Hall–Kier alpha value is -1.65. The molecule has 2 rings (SSSR count). The Balaban J connectivity index is 1.74. The molecule has 0 aliphatic heterocycles. The second-order valence-electron chi connectivity index (χ2n) is 6.04. The van der Waals surface area contributed by atoms with Gasteiger partial charge in [0.15, 0.2) is 0 Å². The Kier molecular flexibility index (Phi) is 7.47. The third-order valence-electron chi connectivity index (χ3n) is 3.68. The number of amides is 1. The van der Waals surface area contributed by atoms with Crippen LogP contribution in [0.15, 0.2) is 53.0 Å². The summed E-state index contributed by atoms with van der Waals surface area (Å²) >= 11 is 3.51. The van der Waals surface area contributed by atoms with Crippen LogP contribution in [-0.4, -0.2) is 12.0 Å². The molecule has 0 aromatic heterocycles. The first-order chi connectivity index (χ1) is 11.5. The van der Waals surface area contributed by atoms with Gasteiger partial charge in [-0.25, -0.2) is 0 Å². The van der Waals surface area contributed by atoms with Crippen molar-refractivity contribution in [3.8, 4) is 0 Å². The van der Waals surface area contributed by atoms with Crippen LogP contribution in [0, 0.1) is 0 Å². The minimum atomic E-state index is 0.0676. The Morgan fingerprint density at radius 1 is 1.08 bits per heavy atom. The summed E-state index contributed by atoms with van der Waals surface area (Å²) in [7, 11) is 0. The number of hydrogen-bond donors (Lipinski definition) is 1. The summed E-state index contributed by atoms with van der Waals surface area (Å²) in [5.41, 5.74) is 3.40. The standard InChI is InChI=1S/C20H24BrNO2/c1-15(2)24-14-17-9-7-16(8-10-17)13-22-20(23)12-11-18-5-3-4-6-19(18)21/h3-10,15H,11-14H2,1-2H3,(H,22,23). The van der Waals surface area contributed by atoms with E-state index >= 15 is 0 Å². The Morgan fingerprint density at radius 2 is 1.75 bits per heavy atom. The fraction of sp³-hybridized carbons (Fsp3) is 0.350. The second kappa shape index (κ2) is 9.60. The summed E-state index contributed by atoms with van der Waals surface area (Å²) in [5, 5.41) is 2.97. The van der Waals surface area contributed by atoms with Crippen LogP contribution in [0.3, 0.4) is 0 Å². The van der Waals surface area contributed by atoms with Gasteiger partial charge in [-0.2, -0.15) is 0 Å². The van der Waals surface area contributed by atoms with Gasteiger partial charge in [0.05, 0.1) is 12.7 Å². The van der Waals surface area contributed by atoms with Crippen molar-refractivity contribution in [1.29, 1.82) is 0 Å². The molecule has 1 amide bonds. The van der Waals surface area contributed by atoms with E-state index in [0.29, 0.717) is 19.6 Å². The highest BCUT2D eigenvalue weighted by Gasteiger charge is 2.05. The molecule has 0 aliphatic rings. The minimum absolute atomic E-state index is 0.0676. The summed E-state index contributed by atoms with van der Waals surface area (Å²) in [5.74, 6) is 0.0676. The number of carbonyl (C=O) groups excluding carboxylic acids is 1. The van der Waals surface area contributed by atoms with Gasteiger partial charge in [-0.3, -0.25) is 4.79 Å². The SMILES string of the molecule is CC(C)OCc1ccc(CNC(=O)CCc2ccccc2Br)cc1. The van der Waals surface area contributed by atoms with Gasteiger partial charge in [0, 0.05) is 17.4 Å². The molecule has 3 nitrogen and oxygen atoms in total. The molecule has 2 aromatic rings. The average molecular weight is 390 g/mol. The third-order valence-corrected chi connectivity index (χ3v) is 4.45. The predicted octanol–water partition coefficient (Wildman–Crippen LogP) is 4.62. The molecule has 0 spiro atoms. The Morgan fingerprint density at radius 3 is 2.42 bits per heavy atom. The molecule has 0 radical (unpaired) electrons. The lowest BCUT2D eigenvalue weighted by Gasteiger charge is -2.09. The smallest absolute Gasteiger partial charge is 0.220 e. The van der Waals surface area contributed by atoms with Crippen LogP contribution >= 0.6 is 15.9 Å². The first-order valence-corrected chi connectivity index (χ1v) is 9.03. The Labute approximate surface area is 152 Å². The van der Waals surface area contributed by atoms with E-state index in [2.05, 4.69) is 21.2 Å². The molecule has 1 N–H and O–H groups in total. The number of aryl methyl sites for hydroxylation is 1. The normalized spacial score (nSPS) is 10.8. The molecular formula is C20H24BrNO2. The zero-order valence-corrected chi connectivity index (χ0v) is 15.8. The lowest BCUT2D eigenvalue weighted by atomic mass is 10.1. The number of nitrogens with one attached hydrogen (secondary N) is 1. The van der Waals surface area contributed by atoms with E-state index in [1.807, 2.05) is 62.4 Å². The van der Waals surface area contributed by atoms with Gasteiger partial charge in [-0.1, -0.05) is 58.4 Å². The predicted molar refractivity (Wildman–Crippen MR) is 101 cm³/mol. The molecule has 0 heterocycles. The summed E-state index contributed by atoms with van der Waals surface area (Å²) in [6.07, 6.45) is 1.45. The van der Waals surface area contributed by atoms with Gasteiger partial charge in [0.25, 0.3) is 0 Å². The van der Waals surface area contributed by atoms with Crippen molar-refractivity contribution in [1.82, 2.24) is 5.32 Å². The molecule has 0 aliphatic carbocycles. The molecule has 24 heavy (non-hydrogen) atoms. The molecule has 0 atom stereocenters. The third kappa shape index (κ3) is 6.46. The quantitative estimate of drug-likeness (QED) is 0.714. The number of halogens is 1. The maximum absolute atomic E-state index is 12.0. The van der Waals surface area contributed by atoms with Crippen molar-refractivity contribution in [2.45, 2.75) is 45.9 Å². The molecule has 0 saturated heterocycles. The van der Waals surface area contributed by atoms with E-state index in [-0.39, 0.29) is 12.0 Å². The maximum atomic E-state index is 12.0. The van der Waals surface area contributed by atoms with Crippen LogP contribution in [0.2, 0.25) is 0 Å². The summed E-state index contributed by atoms with van der Waals surface area (Å²) < 4.78 is 6.63. The minimum Gasteiger partial charge on any atom is -0.374 e. The fourth-order valence-corrected chi connectivity index (χ4v) is 2.74. The van der Waals surface area contributed by atoms with E-state index < -0.39 is 0 Å². The van der Waals surface area contributed by atoms with Crippen LogP contribution in [-0.2, 0) is 29.1 Å². The average Bonchev–Trinajstić information content (AvgIpc) is 2.58. The van der Waals surface area contributed by atoms with Crippen molar-refractivity contribution < 1.29 is 9.53 Å². The highest BCUT2D eigenvalue weighted by molar-refractivity contribution is 9.10. The maximum Gasteiger partial charge on any atom is 0.220 e. The van der Waals surface area contributed by atoms with Crippen molar-refractivity contribution in [2.24, 2.45) is 0 Å². The van der Waals surface area contributed by atoms with E-state index in [1.165, 1.54) is 0 Å². The molecule has 2 aromatic carbocycles. The molecule has 0 unspecified atom stereocenters. The Bertz CT molecular complexity index is 653. The lowest BCUT2D eigenvalue weighted by molar-refractivity contribution is -0.121. The highest BCUT2D eigenvalue weighted by Crippen LogP contribution is 2.17. The fourth-order valence-electron chi connectivity index (χ4n) is 2.25. The van der Waals surface area contributed by atoms with Crippen LogP contribution in [0.4, 0.5) is 0 Å². The first-order valence-electron chi connectivity index (χ1n) is 8.24. The molecule has 0 fully saturated rings. The molecule has 0 saturated carbocycles. The van der Waals surface area contributed by atoms with Gasteiger partial charge in [-0.05, 0) is 43.0 Å². The summed E-state index contributed by atoms with van der Waals surface area (Å²) in [6, 6.07) is 16.2. The van der Waals surface area contributed by atoms with Crippen LogP contribution in [0.25, 0.3) is 0 Å². The zero-order valence-electron chi connectivity index (χ0n) is 14.2. The van der Waals surface area contributed by atoms with Crippen molar-refractivity contribution in [3.63, 3.8) is 0 Å². The molecule has 4 heteroatoms. The molecule has 0 bridgehead atoms. The van der Waals surface area contributed by atoms with Crippen molar-refractivity contribution in [2.75, 3.05) is 0 Å². The summed E-state index contributed by atoms with van der Waals surface area (Å²) in [4.78, 5) is 12.0. The van der Waals surface area contributed by atoms with E-state index in [1.54, 1.807) is 0 Å². The summed E-state index contributed by atoms with van der Waals surface area (Å²) in [6.45, 7) is 5.23. The van der Waals surface area contributed by atoms with Gasteiger partial charge < -0.3 is 10.1 Å². The van der Waals surface area contributed by atoms with Crippen LogP contribution in [0.1, 0.15) is 37.0 Å². The van der Waals surface area contributed by atoms with E-state index in [4.69, 9.17) is 4.74 Å². The van der Waals surface area contributed by atoms with Crippen molar-refractivity contribution in [3.05, 3.63) is 69.7 Å². The van der Waals surface area contributed by atoms with Gasteiger partial charge >= 0.3 is 0 Å². The number of benzene rings is 2. The van der Waals surface area contributed by atoms with E-state index in [9.17, 15) is 4.79 Å². The van der Waals surface area contributed by atoms with Gasteiger partial charge in [0.1, 0.15) is 0 Å². The van der Waals surface area contributed by atoms with Gasteiger partial charge in [-0.15, -0.1) is 0 Å². The zero-order chi connectivity index (χ0) is 17.4. The van der Waals surface area contributed by atoms with Crippen LogP contribution < -0.4 is 5.32 Å². The van der Waals surface area contributed by atoms with E-state index in [0.717, 1.165) is 27.6 Å². The monoisotopic (exact) mass is 389 g/mol. The second-order valence-corrected chi connectivity index (χ2v) is 6.90. The number of ether oxygens (including phenoxy) is 1. The molecular weight excluding hydrogens is 366 g/mol. The lowest BCUT2D eigenvalue weighted by Crippen LogP contribution is -2.23. The number of carbonyl (C=O) groups is 1. The number of rotatable bonds is 8. The number of hydrogen-bond acceptors (Lipinski definition) is 2. The van der Waals surface area contributed by atoms with Crippen molar-refractivity contribution >= 4 is 21.8 Å². The first kappa shape index (κ1) is 18.7. The van der Waals surface area contributed by atoms with Gasteiger partial charge in [0.2, 0.25) is 5.91 Å². The topological polar surface area (TPSA) is 38.3 Å². The van der Waals surface area contributed by atoms with Crippen LogP contribution in [0.5, 0.6) is 0 Å². The molecule has 128 valence electrons. The highest BCUT2D eigenvalue weighted by atomic mass is 79.9.